The highest BCUT2D eigenvalue weighted by Gasteiger charge is 2.05. The van der Waals surface area contributed by atoms with E-state index in [1.54, 1.807) is 12.1 Å². The minimum atomic E-state index is 0.203. The summed E-state index contributed by atoms with van der Waals surface area (Å²) in [4.78, 5) is 0. The molecule has 12 heavy (non-hydrogen) atoms. The van der Waals surface area contributed by atoms with Gasteiger partial charge in [-0.2, -0.15) is 0 Å². The molecule has 1 aromatic rings. The van der Waals surface area contributed by atoms with Crippen LogP contribution in [0.2, 0.25) is 0 Å². The summed E-state index contributed by atoms with van der Waals surface area (Å²) in [6, 6.07) is 3.59. The van der Waals surface area contributed by atoms with Crippen LogP contribution in [-0.2, 0) is 13.1 Å². The summed E-state index contributed by atoms with van der Waals surface area (Å²) in [6.45, 7) is 0.768. The zero-order chi connectivity index (χ0) is 9.14. The van der Waals surface area contributed by atoms with Crippen molar-refractivity contribution in [2.75, 3.05) is 0 Å². The molecule has 0 saturated heterocycles. The Kier molecular flexibility index (Phi) is 3.08. The van der Waals surface area contributed by atoms with Gasteiger partial charge in [0.2, 0.25) is 0 Å². The van der Waals surface area contributed by atoms with E-state index < -0.39 is 0 Å². The van der Waals surface area contributed by atoms with Gasteiger partial charge in [-0.05, 0) is 33.6 Å². The minimum absolute atomic E-state index is 0.203. The average molecular weight is 231 g/mol. The lowest BCUT2D eigenvalue weighted by molar-refractivity contribution is 0.464. The van der Waals surface area contributed by atoms with Crippen LogP contribution in [0.25, 0.3) is 0 Å². The molecular weight excluding hydrogens is 220 g/mol. The van der Waals surface area contributed by atoms with Crippen molar-refractivity contribution in [3.8, 4) is 5.75 Å². The zero-order valence-electron chi connectivity index (χ0n) is 6.55. The number of aromatic hydroxyl groups is 1. The second-order valence-corrected chi connectivity index (χ2v) is 3.35. The SMILES string of the molecule is NCc1cc(Br)c(O)c(CN)c1. The Bertz CT molecular complexity index is 289. The van der Waals surface area contributed by atoms with E-state index in [-0.39, 0.29) is 5.75 Å². The fraction of sp³-hybridized carbons (Fsp3) is 0.250. The summed E-state index contributed by atoms with van der Waals surface area (Å²) in [7, 11) is 0. The van der Waals surface area contributed by atoms with Crippen LogP contribution in [0, 0.1) is 0 Å². The van der Waals surface area contributed by atoms with Crippen LogP contribution in [0.5, 0.6) is 5.75 Å². The Balaban J connectivity index is 3.19. The highest BCUT2D eigenvalue weighted by Crippen LogP contribution is 2.28. The molecule has 0 aliphatic carbocycles. The van der Waals surface area contributed by atoms with Crippen LogP contribution >= 0.6 is 15.9 Å². The first-order valence-corrected chi connectivity index (χ1v) is 4.38. The quantitative estimate of drug-likeness (QED) is 0.712. The van der Waals surface area contributed by atoms with Gasteiger partial charge in [-0.3, -0.25) is 0 Å². The standard InChI is InChI=1S/C8H11BrN2O/c9-7-2-5(3-10)1-6(4-11)8(7)12/h1-2,12H,3-4,10-11H2. The molecule has 0 aliphatic rings. The van der Waals surface area contributed by atoms with E-state index >= 15 is 0 Å². The molecule has 0 saturated carbocycles. The predicted octanol–water partition coefficient (Wildman–Crippen LogP) is 1.07. The maximum Gasteiger partial charge on any atom is 0.134 e. The Morgan fingerprint density at radius 2 is 1.92 bits per heavy atom. The van der Waals surface area contributed by atoms with Crippen molar-refractivity contribution in [1.82, 2.24) is 0 Å². The maximum atomic E-state index is 9.45. The normalized spacial score (nSPS) is 10.2. The number of halogens is 1. The summed E-state index contributed by atoms with van der Waals surface area (Å²) in [5, 5.41) is 9.45. The van der Waals surface area contributed by atoms with Crippen LogP contribution < -0.4 is 11.5 Å². The lowest BCUT2D eigenvalue weighted by Gasteiger charge is -2.06. The van der Waals surface area contributed by atoms with Gasteiger partial charge in [-0.25, -0.2) is 0 Å². The van der Waals surface area contributed by atoms with E-state index in [1.165, 1.54) is 0 Å². The van der Waals surface area contributed by atoms with Gasteiger partial charge in [0.15, 0.2) is 0 Å². The van der Waals surface area contributed by atoms with Crippen LogP contribution in [0.3, 0.4) is 0 Å². The topological polar surface area (TPSA) is 72.3 Å². The first-order valence-electron chi connectivity index (χ1n) is 3.59. The molecular formula is C8H11BrN2O. The van der Waals surface area contributed by atoms with E-state index in [0.717, 1.165) is 5.56 Å². The van der Waals surface area contributed by atoms with Crippen LogP contribution in [-0.4, -0.2) is 5.11 Å². The Morgan fingerprint density at radius 3 is 2.42 bits per heavy atom. The molecule has 4 heteroatoms. The van der Waals surface area contributed by atoms with Crippen molar-refractivity contribution in [2.45, 2.75) is 13.1 Å². The Hall–Kier alpha value is -0.580. The summed E-state index contributed by atoms with van der Waals surface area (Å²) in [5.41, 5.74) is 12.5. The monoisotopic (exact) mass is 230 g/mol. The van der Waals surface area contributed by atoms with E-state index in [2.05, 4.69) is 15.9 Å². The summed E-state index contributed by atoms with van der Waals surface area (Å²) >= 11 is 3.22. The first-order chi connectivity index (χ1) is 5.69. The van der Waals surface area contributed by atoms with Crippen molar-refractivity contribution in [1.29, 1.82) is 0 Å². The third-order valence-electron chi connectivity index (χ3n) is 1.66. The van der Waals surface area contributed by atoms with Gasteiger partial charge >= 0.3 is 0 Å². The number of rotatable bonds is 2. The van der Waals surface area contributed by atoms with E-state index in [1.807, 2.05) is 0 Å². The molecule has 1 rings (SSSR count). The lowest BCUT2D eigenvalue weighted by Crippen LogP contribution is -2.01. The van der Waals surface area contributed by atoms with Crippen LogP contribution in [0.15, 0.2) is 16.6 Å². The van der Waals surface area contributed by atoms with Gasteiger partial charge in [-0.1, -0.05) is 0 Å². The molecule has 0 bridgehead atoms. The van der Waals surface area contributed by atoms with Crippen molar-refractivity contribution in [3.63, 3.8) is 0 Å². The summed E-state index contributed by atoms with van der Waals surface area (Å²) in [6.07, 6.45) is 0. The van der Waals surface area contributed by atoms with E-state index in [9.17, 15) is 5.11 Å². The molecule has 3 nitrogen and oxygen atoms in total. The fourth-order valence-electron chi connectivity index (χ4n) is 0.992. The Morgan fingerprint density at radius 1 is 1.25 bits per heavy atom. The molecule has 66 valence electrons. The third-order valence-corrected chi connectivity index (χ3v) is 2.26. The molecule has 5 N–H and O–H groups in total. The average Bonchev–Trinajstić information content (AvgIpc) is 2.09. The molecule has 0 amide bonds. The molecule has 0 unspecified atom stereocenters. The zero-order valence-corrected chi connectivity index (χ0v) is 8.13. The van der Waals surface area contributed by atoms with Gasteiger partial charge in [0.25, 0.3) is 0 Å². The van der Waals surface area contributed by atoms with Gasteiger partial charge < -0.3 is 16.6 Å². The highest BCUT2D eigenvalue weighted by atomic mass is 79.9. The predicted molar refractivity (Wildman–Crippen MR) is 51.6 cm³/mol. The van der Waals surface area contributed by atoms with Crippen molar-refractivity contribution >= 4 is 15.9 Å². The second-order valence-electron chi connectivity index (χ2n) is 2.49. The molecule has 0 aromatic heterocycles. The van der Waals surface area contributed by atoms with Gasteiger partial charge in [0.05, 0.1) is 4.47 Å². The van der Waals surface area contributed by atoms with Crippen molar-refractivity contribution in [3.05, 3.63) is 27.7 Å². The van der Waals surface area contributed by atoms with Gasteiger partial charge in [0, 0.05) is 18.7 Å². The molecule has 0 heterocycles. The highest BCUT2D eigenvalue weighted by molar-refractivity contribution is 9.10. The lowest BCUT2D eigenvalue weighted by atomic mass is 10.1. The summed E-state index contributed by atoms with van der Waals surface area (Å²) in [5.74, 6) is 0.203. The minimum Gasteiger partial charge on any atom is -0.506 e. The number of phenols is 1. The van der Waals surface area contributed by atoms with Gasteiger partial charge in [0.1, 0.15) is 5.75 Å². The van der Waals surface area contributed by atoms with Crippen LogP contribution in [0.4, 0.5) is 0 Å². The number of nitrogens with two attached hydrogens (primary N) is 2. The van der Waals surface area contributed by atoms with Crippen molar-refractivity contribution in [2.24, 2.45) is 11.5 Å². The van der Waals surface area contributed by atoms with Crippen molar-refractivity contribution < 1.29 is 5.11 Å². The summed E-state index contributed by atoms with van der Waals surface area (Å²) < 4.78 is 0.644. The third kappa shape index (κ3) is 1.77. The number of hydrogen-bond donors (Lipinski definition) is 3. The van der Waals surface area contributed by atoms with E-state index in [0.29, 0.717) is 23.1 Å². The maximum absolute atomic E-state index is 9.45. The molecule has 0 radical (unpaired) electrons. The molecule has 0 spiro atoms. The molecule has 0 atom stereocenters. The molecule has 0 aliphatic heterocycles. The molecule has 1 aromatic carbocycles. The van der Waals surface area contributed by atoms with Crippen LogP contribution in [0.1, 0.15) is 11.1 Å². The van der Waals surface area contributed by atoms with Gasteiger partial charge in [-0.15, -0.1) is 0 Å². The second kappa shape index (κ2) is 3.89. The first kappa shape index (κ1) is 9.51. The smallest absolute Gasteiger partial charge is 0.134 e. The fourth-order valence-corrected chi connectivity index (χ4v) is 1.54. The number of phenolic OH excluding ortho intramolecular Hbond substituents is 1. The molecule has 0 fully saturated rings. The Labute approximate surface area is 79.5 Å². The van der Waals surface area contributed by atoms with E-state index in [4.69, 9.17) is 11.5 Å². The largest absolute Gasteiger partial charge is 0.506 e. The number of hydrogen-bond acceptors (Lipinski definition) is 3. The number of benzene rings is 1.